The number of pyridine rings is 1. The van der Waals surface area contributed by atoms with E-state index in [2.05, 4.69) is 4.98 Å². The summed E-state index contributed by atoms with van der Waals surface area (Å²) >= 11 is 4.91. The van der Waals surface area contributed by atoms with Gasteiger partial charge in [0.15, 0.2) is 0 Å². The van der Waals surface area contributed by atoms with Gasteiger partial charge in [-0.25, -0.2) is 4.79 Å². The lowest BCUT2D eigenvalue weighted by Gasteiger charge is -2.05. The van der Waals surface area contributed by atoms with Gasteiger partial charge in [0.2, 0.25) is 0 Å². The summed E-state index contributed by atoms with van der Waals surface area (Å²) in [7, 11) is 0. The van der Waals surface area contributed by atoms with Crippen molar-refractivity contribution >= 4 is 18.2 Å². The maximum Gasteiger partial charge on any atom is 0.335 e. The minimum absolute atomic E-state index is 0.243. The third-order valence-electron chi connectivity index (χ3n) is 1.73. The summed E-state index contributed by atoms with van der Waals surface area (Å²) in [6.45, 7) is 3.96. The zero-order valence-electron chi connectivity index (χ0n) is 7.50. The van der Waals surface area contributed by atoms with Crippen LogP contribution in [-0.2, 0) is 0 Å². The van der Waals surface area contributed by atoms with Gasteiger partial charge in [-0.1, -0.05) is 26.1 Å². The molecule has 0 atom stereocenters. The van der Waals surface area contributed by atoms with Crippen LogP contribution in [0.4, 0.5) is 0 Å². The SMILES string of the molecule is CC(C)c1cc(C(=O)O)cc(=S)[nH]1. The van der Waals surface area contributed by atoms with Gasteiger partial charge in [-0.3, -0.25) is 0 Å². The molecule has 4 heteroatoms. The quantitative estimate of drug-likeness (QED) is 0.716. The largest absolute Gasteiger partial charge is 0.478 e. The first-order valence-electron chi connectivity index (χ1n) is 3.98. The number of carboxylic acid groups (broad SMARTS) is 1. The predicted octanol–water partition coefficient (Wildman–Crippen LogP) is 2.57. The molecule has 0 saturated carbocycles. The first-order valence-corrected chi connectivity index (χ1v) is 4.39. The molecule has 0 aliphatic carbocycles. The third-order valence-corrected chi connectivity index (χ3v) is 1.95. The second-order valence-corrected chi connectivity index (χ2v) is 3.59. The lowest BCUT2D eigenvalue weighted by atomic mass is 10.1. The van der Waals surface area contributed by atoms with Crippen LogP contribution >= 0.6 is 12.2 Å². The molecule has 3 nitrogen and oxygen atoms in total. The average molecular weight is 197 g/mol. The van der Waals surface area contributed by atoms with Gasteiger partial charge < -0.3 is 10.1 Å². The molecule has 0 unspecified atom stereocenters. The first kappa shape index (κ1) is 9.92. The van der Waals surface area contributed by atoms with Gasteiger partial charge in [0.25, 0.3) is 0 Å². The Morgan fingerprint density at radius 1 is 1.54 bits per heavy atom. The van der Waals surface area contributed by atoms with E-state index in [1.165, 1.54) is 6.07 Å². The molecule has 0 amide bonds. The van der Waals surface area contributed by atoms with Gasteiger partial charge in [-0.05, 0) is 18.1 Å². The van der Waals surface area contributed by atoms with Crippen LogP contribution < -0.4 is 0 Å². The van der Waals surface area contributed by atoms with E-state index >= 15 is 0 Å². The highest BCUT2D eigenvalue weighted by atomic mass is 32.1. The maximum atomic E-state index is 10.7. The highest BCUT2D eigenvalue weighted by Gasteiger charge is 2.06. The second-order valence-electron chi connectivity index (χ2n) is 3.15. The highest BCUT2D eigenvalue weighted by Crippen LogP contribution is 2.13. The number of hydrogen-bond acceptors (Lipinski definition) is 2. The summed E-state index contributed by atoms with van der Waals surface area (Å²) < 4.78 is 0.462. The third kappa shape index (κ3) is 2.39. The molecule has 0 aliphatic heterocycles. The smallest absolute Gasteiger partial charge is 0.335 e. The van der Waals surface area contributed by atoms with Gasteiger partial charge in [0, 0.05) is 5.69 Å². The van der Waals surface area contributed by atoms with Gasteiger partial charge >= 0.3 is 5.97 Å². The Hall–Kier alpha value is -1.16. The summed E-state index contributed by atoms with van der Waals surface area (Å²) in [5, 5.41) is 8.76. The Balaban J connectivity index is 3.27. The van der Waals surface area contributed by atoms with E-state index in [0.29, 0.717) is 4.64 Å². The fourth-order valence-electron chi connectivity index (χ4n) is 0.999. The number of rotatable bonds is 2. The van der Waals surface area contributed by atoms with E-state index in [1.54, 1.807) is 6.07 Å². The molecule has 13 heavy (non-hydrogen) atoms. The molecular weight excluding hydrogens is 186 g/mol. The fourth-order valence-corrected chi connectivity index (χ4v) is 1.24. The Morgan fingerprint density at radius 3 is 2.62 bits per heavy atom. The van der Waals surface area contributed by atoms with Gasteiger partial charge in [-0.2, -0.15) is 0 Å². The number of aromatic nitrogens is 1. The highest BCUT2D eigenvalue weighted by molar-refractivity contribution is 7.71. The molecule has 1 aromatic heterocycles. The van der Waals surface area contributed by atoms with Crippen molar-refractivity contribution in [3.05, 3.63) is 28.0 Å². The lowest BCUT2D eigenvalue weighted by molar-refractivity contribution is 0.0696. The van der Waals surface area contributed by atoms with Gasteiger partial charge in [-0.15, -0.1) is 0 Å². The minimum atomic E-state index is -0.943. The van der Waals surface area contributed by atoms with Crippen LogP contribution in [0.25, 0.3) is 0 Å². The van der Waals surface area contributed by atoms with E-state index in [4.69, 9.17) is 17.3 Å². The molecule has 0 aromatic carbocycles. The Kier molecular flexibility index (Phi) is 2.83. The Morgan fingerprint density at radius 2 is 2.15 bits per heavy atom. The van der Waals surface area contributed by atoms with Gasteiger partial charge in [0.05, 0.1) is 5.56 Å². The maximum absolute atomic E-state index is 10.7. The molecule has 1 aromatic rings. The minimum Gasteiger partial charge on any atom is -0.478 e. The van der Waals surface area contributed by atoms with Crippen molar-refractivity contribution in [3.8, 4) is 0 Å². The lowest BCUT2D eigenvalue weighted by Crippen LogP contribution is -2.01. The van der Waals surface area contributed by atoms with E-state index in [0.717, 1.165) is 5.69 Å². The Bertz CT molecular complexity index is 381. The molecule has 0 fully saturated rings. The summed E-state index contributed by atoms with van der Waals surface area (Å²) in [5.41, 5.74) is 1.09. The van der Waals surface area contributed by atoms with Crippen LogP contribution in [0.15, 0.2) is 12.1 Å². The van der Waals surface area contributed by atoms with E-state index < -0.39 is 5.97 Å². The van der Waals surface area contributed by atoms with Crippen molar-refractivity contribution in [2.45, 2.75) is 19.8 Å². The summed E-state index contributed by atoms with van der Waals surface area (Å²) in [4.78, 5) is 13.6. The molecular formula is C9H11NO2S. The van der Waals surface area contributed by atoms with E-state index in [-0.39, 0.29) is 11.5 Å². The molecule has 0 aliphatic rings. The zero-order valence-corrected chi connectivity index (χ0v) is 8.31. The predicted molar refractivity (Wildman–Crippen MR) is 52.7 cm³/mol. The average Bonchev–Trinajstić information content (AvgIpc) is 2.03. The number of carboxylic acids is 1. The summed E-state index contributed by atoms with van der Waals surface area (Å²) in [6.07, 6.45) is 0. The fraction of sp³-hybridized carbons (Fsp3) is 0.333. The molecule has 0 spiro atoms. The summed E-state index contributed by atoms with van der Waals surface area (Å²) in [6, 6.07) is 3.06. The van der Waals surface area contributed by atoms with E-state index in [9.17, 15) is 4.79 Å². The number of aromatic amines is 1. The van der Waals surface area contributed by atoms with Crippen molar-refractivity contribution < 1.29 is 9.90 Å². The number of nitrogens with one attached hydrogen (secondary N) is 1. The molecule has 70 valence electrons. The van der Waals surface area contributed by atoms with Crippen molar-refractivity contribution in [1.29, 1.82) is 0 Å². The van der Waals surface area contributed by atoms with Crippen LogP contribution in [0, 0.1) is 4.64 Å². The molecule has 1 rings (SSSR count). The summed E-state index contributed by atoms with van der Waals surface area (Å²) in [5.74, 6) is -0.692. The molecule has 2 N–H and O–H groups in total. The number of H-pyrrole nitrogens is 1. The van der Waals surface area contributed by atoms with Crippen molar-refractivity contribution in [3.63, 3.8) is 0 Å². The van der Waals surface area contributed by atoms with Crippen molar-refractivity contribution in [2.75, 3.05) is 0 Å². The topological polar surface area (TPSA) is 53.1 Å². The zero-order chi connectivity index (χ0) is 10.0. The van der Waals surface area contributed by atoms with Crippen LogP contribution in [0.3, 0.4) is 0 Å². The second kappa shape index (κ2) is 3.70. The van der Waals surface area contributed by atoms with Gasteiger partial charge in [0.1, 0.15) is 4.64 Å². The monoisotopic (exact) mass is 197 g/mol. The van der Waals surface area contributed by atoms with Crippen molar-refractivity contribution in [1.82, 2.24) is 4.98 Å². The van der Waals surface area contributed by atoms with Crippen LogP contribution in [0.1, 0.15) is 35.8 Å². The molecule has 0 saturated heterocycles. The first-order chi connectivity index (χ1) is 6.00. The van der Waals surface area contributed by atoms with Crippen molar-refractivity contribution in [2.24, 2.45) is 0 Å². The number of aromatic carboxylic acids is 1. The van der Waals surface area contributed by atoms with Crippen LogP contribution in [-0.4, -0.2) is 16.1 Å². The Labute approximate surface area is 81.4 Å². The van der Waals surface area contributed by atoms with Crippen LogP contribution in [0.2, 0.25) is 0 Å². The number of hydrogen-bond donors (Lipinski definition) is 2. The number of carbonyl (C=O) groups is 1. The molecule has 1 heterocycles. The molecule has 0 bridgehead atoms. The van der Waals surface area contributed by atoms with Crippen LogP contribution in [0.5, 0.6) is 0 Å². The van der Waals surface area contributed by atoms with E-state index in [1.807, 2.05) is 13.8 Å². The molecule has 0 radical (unpaired) electrons. The normalized spacial score (nSPS) is 10.4. The standard InChI is InChI=1S/C9H11NO2S/c1-5(2)7-3-6(9(11)12)4-8(13)10-7/h3-5H,1-2H3,(H,10,13)(H,11,12).